The first-order valence-corrected chi connectivity index (χ1v) is 5.74. The van der Waals surface area contributed by atoms with E-state index in [1.54, 1.807) is 0 Å². The number of carbonyl (C=O) groups excluding carboxylic acids is 1. The van der Waals surface area contributed by atoms with Crippen molar-refractivity contribution in [2.75, 3.05) is 19.8 Å². The molecular weight excluding hydrogens is 204 g/mol. The Kier molecular flexibility index (Phi) is 3.62. The standard InChI is InChI=1S/C12H18N2O2/c1-14-6-2-3-11(14)12(15)13-9-10-4-7-16-8-5-10/h2-3,6,10H,4-5,7-9H2,1H3,(H,13,15). The smallest absolute Gasteiger partial charge is 0.267 e. The van der Waals surface area contributed by atoms with Crippen LogP contribution < -0.4 is 5.32 Å². The molecule has 1 aromatic heterocycles. The molecular formula is C12H18N2O2. The highest BCUT2D eigenvalue weighted by Gasteiger charge is 2.15. The minimum atomic E-state index is 0.0130. The minimum absolute atomic E-state index is 0.0130. The van der Waals surface area contributed by atoms with Gasteiger partial charge < -0.3 is 14.6 Å². The molecule has 0 saturated carbocycles. The topological polar surface area (TPSA) is 43.3 Å². The Balaban J connectivity index is 1.81. The lowest BCUT2D eigenvalue weighted by molar-refractivity contribution is 0.0641. The Bertz CT molecular complexity index is 354. The van der Waals surface area contributed by atoms with Gasteiger partial charge in [0.05, 0.1) is 0 Å². The number of rotatable bonds is 3. The summed E-state index contributed by atoms with van der Waals surface area (Å²) in [5, 5.41) is 2.98. The monoisotopic (exact) mass is 222 g/mol. The van der Waals surface area contributed by atoms with Crippen LogP contribution in [0, 0.1) is 5.92 Å². The molecule has 2 rings (SSSR count). The first kappa shape index (κ1) is 11.2. The van der Waals surface area contributed by atoms with Gasteiger partial charge in [0.2, 0.25) is 0 Å². The number of aryl methyl sites for hydroxylation is 1. The van der Waals surface area contributed by atoms with Gasteiger partial charge >= 0.3 is 0 Å². The second-order valence-corrected chi connectivity index (χ2v) is 4.27. The number of nitrogens with one attached hydrogen (secondary N) is 1. The number of carbonyl (C=O) groups is 1. The van der Waals surface area contributed by atoms with Crippen LogP contribution in [-0.2, 0) is 11.8 Å². The largest absolute Gasteiger partial charge is 0.381 e. The molecule has 0 aromatic carbocycles. The third kappa shape index (κ3) is 2.64. The molecule has 0 spiro atoms. The van der Waals surface area contributed by atoms with Crippen LogP contribution in [-0.4, -0.2) is 30.2 Å². The van der Waals surface area contributed by atoms with Gasteiger partial charge in [-0.15, -0.1) is 0 Å². The van der Waals surface area contributed by atoms with Gasteiger partial charge in [-0.2, -0.15) is 0 Å². The SMILES string of the molecule is Cn1cccc1C(=O)NCC1CCOCC1. The van der Waals surface area contributed by atoms with Crippen LogP contribution in [0.4, 0.5) is 0 Å². The molecule has 1 aliphatic heterocycles. The molecule has 2 heterocycles. The van der Waals surface area contributed by atoms with E-state index in [2.05, 4.69) is 5.32 Å². The molecule has 0 unspecified atom stereocenters. The fourth-order valence-electron chi connectivity index (χ4n) is 1.98. The maximum atomic E-state index is 11.8. The summed E-state index contributed by atoms with van der Waals surface area (Å²) in [4.78, 5) is 11.8. The average molecular weight is 222 g/mol. The van der Waals surface area contributed by atoms with Gasteiger partial charge in [-0.05, 0) is 30.9 Å². The zero-order valence-electron chi connectivity index (χ0n) is 9.61. The third-order valence-corrected chi connectivity index (χ3v) is 3.07. The van der Waals surface area contributed by atoms with E-state index < -0.39 is 0 Å². The molecule has 0 aliphatic carbocycles. The van der Waals surface area contributed by atoms with Crippen molar-refractivity contribution in [2.24, 2.45) is 13.0 Å². The lowest BCUT2D eigenvalue weighted by Gasteiger charge is -2.22. The van der Waals surface area contributed by atoms with E-state index in [0.717, 1.165) is 32.6 Å². The fourth-order valence-corrected chi connectivity index (χ4v) is 1.98. The maximum Gasteiger partial charge on any atom is 0.267 e. The predicted octanol–water partition coefficient (Wildman–Crippen LogP) is 1.18. The maximum absolute atomic E-state index is 11.8. The van der Waals surface area contributed by atoms with Crippen molar-refractivity contribution >= 4 is 5.91 Å². The molecule has 4 nitrogen and oxygen atoms in total. The summed E-state index contributed by atoms with van der Waals surface area (Å²) in [5.74, 6) is 0.581. The average Bonchev–Trinajstić information content (AvgIpc) is 2.74. The van der Waals surface area contributed by atoms with Crippen LogP contribution in [0.1, 0.15) is 23.3 Å². The highest BCUT2D eigenvalue weighted by atomic mass is 16.5. The second kappa shape index (κ2) is 5.16. The molecule has 0 bridgehead atoms. The zero-order chi connectivity index (χ0) is 11.4. The van der Waals surface area contributed by atoms with Gasteiger partial charge in [-0.3, -0.25) is 4.79 Å². The van der Waals surface area contributed by atoms with Crippen molar-refractivity contribution in [3.8, 4) is 0 Å². The summed E-state index contributed by atoms with van der Waals surface area (Å²) in [6, 6.07) is 3.71. The van der Waals surface area contributed by atoms with Gasteiger partial charge in [0.15, 0.2) is 0 Å². The van der Waals surface area contributed by atoms with Gasteiger partial charge in [-0.1, -0.05) is 0 Å². The summed E-state index contributed by atoms with van der Waals surface area (Å²) in [6.45, 7) is 2.41. The molecule has 1 fully saturated rings. The molecule has 1 aliphatic rings. The number of aromatic nitrogens is 1. The number of hydrogen-bond acceptors (Lipinski definition) is 2. The predicted molar refractivity (Wildman–Crippen MR) is 61.3 cm³/mol. The number of hydrogen-bond donors (Lipinski definition) is 1. The number of nitrogens with zero attached hydrogens (tertiary/aromatic N) is 1. The molecule has 1 amide bonds. The first-order chi connectivity index (χ1) is 7.77. The normalized spacial score (nSPS) is 17.3. The Morgan fingerprint density at radius 3 is 2.94 bits per heavy atom. The van der Waals surface area contributed by atoms with E-state index in [-0.39, 0.29) is 5.91 Å². The molecule has 4 heteroatoms. The van der Waals surface area contributed by atoms with Crippen LogP contribution in [0.5, 0.6) is 0 Å². The van der Waals surface area contributed by atoms with Gasteiger partial charge in [0.25, 0.3) is 5.91 Å². The van der Waals surface area contributed by atoms with Crippen molar-refractivity contribution in [1.82, 2.24) is 9.88 Å². The quantitative estimate of drug-likeness (QED) is 0.834. The highest BCUT2D eigenvalue weighted by molar-refractivity contribution is 5.92. The molecule has 16 heavy (non-hydrogen) atoms. The van der Waals surface area contributed by atoms with Crippen LogP contribution >= 0.6 is 0 Å². The number of amides is 1. The summed E-state index contributed by atoms with van der Waals surface area (Å²) in [5.41, 5.74) is 0.715. The van der Waals surface area contributed by atoms with E-state index >= 15 is 0 Å². The molecule has 1 aromatic rings. The molecule has 88 valence electrons. The Hall–Kier alpha value is -1.29. The van der Waals surface area contributed by atoms with E-state index in [9.17, 15) is 4.79 Å². The van der Waals surface area contributed by atoms with Crippen molar-refractivity contribution in [2.45, 2.75) is 12.8 Å². The van der Waals surface area contributed by atoms with Crippen molar-refractivity contribution in [3.05, 3.63) is 24.0 Å². The summed E-state index contributed by atoms with van der Waals surface area (Å²) >= 11 is 0. The Morgan fingerprint density at radius 1 is 1.56 bits per heavy atom. The lowest BCUT2D eigenvalue weighted by atomic mass is 10.0. The van der Waals surface area contributed by atoms with Crippen molar-refractivity contribution in [1.29, 1.82) is 0 Å². The lowest BCUT2D eigenvalue weighted by Crippen LogP contribution is -2.33. The summed E-state index contributed by atoms with van der Waals surface area (Å²) in [7, 11) is 1.88. The van der Waals surface area contributed by atoms with Crippen LogP contribution in [0.15, 0.2) is 18.3 Å². The zero-order valence-corrected chi connectivity index (χ0v) is 9.61. The summed E-state index contributed by atoms with van der Waals surface area (Å²) in [6.07, 6.45) is 3.98. The van der Waals surface area contributed by atoms with E-state index in [1.807, 2.05) is 29.9 Å². The molecule has 0 radical (unpaired) electrons. The second-order valence-electron chi connectivity index (χ2n) is 4.27. The van der Waals surface area contributed by atoms with Gasteiger partial charge in [-0.25, -0.2) is 0 Å². The van der Waals surface area contributed by atoms with Crippen LogP contribution in [0.3, 0.4) is 0 Å². The number of ether oxygens (including phenoxy) is 1. The van der Waals surface area contributed by atoms with E-state index in [1.165, 1.54) is 0 Å². The Labute approximate surface area is 95.6 Å². The summed E-state index contributed by atoms with van der Waals surface area (Å²) < 4.78 is 7.11. The van der Waals surface area contributed by atoms with Crippen molar-refractivity contribution < 1.29 is 9.53 Å². The molecule has 1 N–H and O–H groups in total. The molecule has 0 atom stereocenters. The minimum Gasteiger partial charge on any atom is -0.381 e. The van der Waals surface area contributed by atoms with Gasteiger partial charge in [0, 0.05) is 33.0 Å². The van der Waals surface area contributed by atoms with E-state index in [4.69, 9.17) is 4.74 Å². The fraction of sp³-hybridized carbons (Fsp3) is 0.583. The van der Waals surface area contributed by atoms with E-state index in [0.29, 0.717) is 11.6 Å². The third-order valence-electron chi connectivity index (χ3n) is 3.07. The highest BCUT2D eigenvalue weighted by Crippen LogP contribution is 2.13. The van der Waals surface area contributed by atoms with Crippen LogP contribution in [0.2, 0.25) is 0 Å². The Morgan fingerprint density at radius 2 is 2.31 bits per heavy atom. The van der Waals surface area contributed by atoms with Gasteiger partial charge in [0.1, 0.15) is 5.69 Å². The van der Waals surface area contributed by atoms with Crippen LogP contribution in [0.25, 0.3) is 0 Å². The molecule has 1 saturated heterocycles. The first-order valence-electron chi connectivity index (χ1n) is 5.74. The van der Waals surface area contributed by atoms with Crippen molar-refractivity contribution in [3.63, 3.8) is 0 Å².